The van der Waals surface area contributed by atoms with E-state index in [9.17, 15) is 5.11 Å². The highest BCUT2D eigenvalue weighted by atomic mass is 32.1. The molecule has 2 rings (SSSR count). The van der Waals surface area contributed by atoms with Crippen molar-refractivity contribution in [1.82, 2.24) is 0 Å². The number of ether oxygens (including phenoxy) is 1. The second-order valence-electron chi connectivity index (χ2n) is 2.86. The van der Waals surface area contributed by atoms with E-state index in [-0.39, 0.29) is 0 Å². The Kier molecular flexibility index (Phi) is 2.52. The van der Waals surface area contributed by atoms with E-state index in [0.717, 1.165) is 4.70 Å². The van der Waals surface area contributed by atoms with Gasteiger partial charge in [0.25, 0.3) is 0 Å². The summed E-state index contributed by atoms with van der Waals surface area (Å²) >= 11 is 1.65. The molecule has 1 aromatic heterocycles. The smallest absolute Gasteiger partial charge is 0.216 e. The Morgan fingerprint density at radius 1 is 1.43 bits per heavy atom. The van der Waals surface area contributed by atoms with E-state index < -0.39 is 6.29 Å². The van der Waals surface area contributed by atoms with Crippen LogP contribution in [0.15, 0.2) is 42.3 Å². The number of benzene rings is 1. The summed E-state index contributed by atoms with van der Waals surface area (Å²) in [5.41, 5.74) is 0. The lowest BCUT2D eigenvalue weighted by atomic mass is 10.2. The van der Waals surface area contributed by atoms with Gasteiger partial charge in [-0.25, -0.2) is 0 Å². The third-order valence-corrected chi connectivity index (χ3v) is 2.77. The predicted octanol–water partition coefficient (Wildman–Crippen LogP) is 2.78. The molecule has 0 amide bonds. The third kappa shape index (κ3) is 1.78. The van der Waals surface area contributed by atoms with Crippen molar-refractivity contribution >= 4 is 21.4 Å². The molecule has 14 heavy (non-hydrogen) atoms. The number of fused-ring (bicyclic) bond motifs is 1. The number of aliphatic hydroxyl groups excluding tert-OH is 1. The van der Waals surface area contributed by atoms with Crippen molar-refractivity contribution in [1.29, 1.82) is 0 Å². The molecule has 1 atom stereocenters. The fourth-order valence-corrected chi connectivity index (χ4v) is 2.01. The first kappa shape index (κ1) is 9.24. The number of aliphatic hydroxyl groups is 1. The molecule has 1 heterocycles. The highest BCUT2D eigenvalue weighted by Crippen LogP contribution is 2.25. The van der Waals surface area contributed by atoms with E-state index in [2.05, 4.69) is 6.58 Å². The first-order valence-corrected chi connectivity index (χ1v) is 5.12. The average molecular weight is 206 g/mol. The normalized spacial score (nSPS) is 12.6. The van der Waals surface area contributed by atoms with Gasteiger partial charge >= 0.3 is 0 Å². The summed E-state index contributed by atoms with van der Waals surface area (Å²) in [7, 11) is 0. The standard InChI is InChI=1S/C11H10O2S/c1-2-11(12)13-9-4-3-8-5-6-14-10(8)7-9/h2-7,11-12H,1H2. The lowest BCUT2D eigenvalue weighted by Crippen LogP contribution is -2.10. The van der Waals surface area contributed by atoms with Crippen molar-refractivity contribution in [2.45, 2.75) is 6.29 Å². The Hall–Kier alpha value is -1.32. The van der Waals surface area contributed by atoms with Crippen LogP contribution in [-0.4, -0.2) is 11.4 Å². The van der Waals surface area contributed by atoms with Crippen LogP contribution in [0.25, 0.3) is 10.1 Å². The number of hydrogen-bond acceptors (Lipinski definition) is 3. The number of rotatable bonds is 3. The van der Waals surface area contributed by atoms with Gasteiger partial charge in [-0.15, -0.1) is 11.3 Å². The third-order valence-electron chi connectivity index (χ3n) is 1.89. The van der Waals surface area contributed by atoms with Crippen molar-refractivity contribution in [2.24, 2.45) is 0 Å². The molecule has 0 bridgehead atoms. The minimum atomic E-state index is -0.938. The summed E-state index contributed by atoms with van der Waals surface area (Å²) in [6, 6.07) is 7.76. The maximum absolute atomic E-state index is 9.20. The molecule has 3 heteroatoms. The largest absolute Gasteiger partial charge is 0.461 e. The molecule has 0 saturated carbocycles. The van der Waals surface area contributed by atoms with E-state index in [1.54, 1.807) is 11.3 Å². The summed E-state index contributed by atoms with van der Waals surface area (Å²) in [4.78, 5) is 0. The second kappa shape index (κ2) is 3.82. The monoisotopic (exact) mass is 206 g/mol. The fourth-order valence-electron chi connectivity index (χ4n) is 1.20. The van der Waals surface area contributed by atoms with Crippen LogP contribution >= 0.6 is 11.3 Å². The lowest BCUT2D eigenvalue weighted by Gasteiger charge is -2.08. The summed E-state index contributed by atoms with van der Waals surface area (Å²) < 4.78 is 6.34. The minimum Gasteiger partial charge on any atom is -0.461 e. The Bertz CT molecular complexity index is 447. The molecular formula is C11H10O2S. The van der Waals surface area contributed by atoms with Crippen LogP contribution in [0.4, 0.5) is 0 Å². The van der Waals surface area contributed by atoms with Crippen LogP contribution < -0.4 is 4.74 Å². The van der Waals surface area contributed by atoms with Crippen LogP contribution in [0.1, 0.15) is 0 Å². The molecule has 0 fully saturated rings. The van der Waals surface area contributed by atoms with Gasteiger partial charge in [0.2, 0.25) is 6.29 Å². The van der Waals surface area contributed by atoms with E-state index in [4.69, 9.17) is 4.74 Å². The molecule has 72 valence electrons. The van der Waals surface area contributed by atoms with Crippen molar-refractivity contribution < 1.29 is 9.84 Å². The molecule has 0 saturated heterocycles. The van der Waals surface area contributed by atoms with Crippen LogP contribution in [0.3, 0.4) is 0 Å². The molecule has 2 nitrogen and oxygen atoms in total. The molecule has 0 aliphatic rings. The molecule has 1 aromatic carbocycles. The molecule has 1 unspecified atom stereocenters. The summed E-state index contributed by atoms with van der Waals surface area (Å²) in [6.45, 7) is 3.44. The van der Waals surface area contributed by atoms with Gasteiger partial charge in [-0.1, -0.05) is 6.58 Å². The van der Waals surface area contributed by atoms with Gasteiger partial charge in [0.1, 0.15) is 5.75 Å². The molecule has 1 N–H and O–H groups in total. The Morgan fingerprint density at radius 3 is 3.07 bits per heavy atom. The van der Waals surface area contributed by atoms with Crippen molar-refractivity contribution in [3.8, 4) is 5.75 Å². The average Bonchev–Trinajstić information content (AvgIpc) is 2.64. The maximum atomic E-state index is 9.20. The fraction of sp³-hybridized carbons (Fsp3) is 0.0909. The first-order valence-electron chi connectivity index (χ1n) is 4.24. The zero-order valence-corrected chi connectivity index (χ0v) is 8.33. The van der Waals surface area contributed by atoms with Gasteiger partial charge in [-0.3, -0.25) is 0 Å². The van der Waals surface area contributed by atoms with Gasteiger partial charge in [0, 0.05) is 4.70 Å². The van der Waals surface area contributed by atoms with E-state index in [1.165, 1.54) is 11.5 Å². The Labute approximate surface area is 86.1 Å². The summed E-state index contributed by atoms with van der Waals surface area (Å²) in [5, 5.41) is 12.4. The van der Waals surface area contributed by atoms with E-state index in [1.807, 2.05) is 29.6 Å². The summed E-state index contributed by atoms with van der Waals surface area (Å²) in [5.74, 6) is 0.660. The quantitative estimate of drug-likeness (QED) is 0.618. The van der Waals surface area contributed by atoms with Crippen molar-refractivity contribution in [3.63, 3.8) is 0 Å². The van der Waals surface area contributed by atoms with Gasteiger partial charge in [0.05, 0.1) is 0 Å². The molecular weight excluding hydrogens is 196 g/mol. The van der Waals surface area contributed by atoms with Gasteiger partial charge in [0.15, 0.2) is 0 Å². The van der Waals surface area contributed by atoms with Crippen LogP contribution in [0, 0.1) is 0 Å². The first-order chi connectivity index (χ1) is 6.79. The topological polar surface area (TPSA) is 29.5 Å². The lowest BCUT2D eigenvalue weighted by molar-refractivity contribution is 0.0252. The highest BCUT2D eigenvalue weighted by molar-refractivity contribution is 7.17. The van der Waals surface area contributed by atoms with Gasteiger partial charge < -0.3 is 9.84 Å². The Morgan fingerprint density at radius 2 is 2.29 bits per heavy atom. The minimum absolute atomic E-state index is 0.660. The van der Waals surface area contributed by atoms with Crippen molar-refractivity contribution in [2.75, 3.05) is 0 Å². The van der Waals surface area contributed by atoms with Gasteiger partial charge in [-0.2, -0.15) is 0 Å². The molecule has 2 aromatic rings. The Balaban J connectivity index is 2.29. The maximum Gasteiger partial charge on any atom is 0.216 e. The van der Waals surface area contributed by atoms with Crippen LogP contribution in [0.2, 0.25) is 0 Å². The van der Waals surface area contributed by atoms with Crippen LogP contribution in [0.5, 0.6) is 5.75 Å². The molecule has 0 aliphatic carbocycles. The number of hydrogen-bond donors (Lipinski definition) is 1. The molecule has 0 radical (unpaired) electrons. The van der Waals surface area contributed by atoms with Gasteiger partial charge in [-0.05, 0) is 41.1 Å². The highest BCUT2D eigenvalue weighted by Gasteiger charge is 2.01. The second-order valence-corrected chi connectivity index (χ2v) is 3.81. The summed E-state index contributed by atoms with van der Waals surface area (Å²) in [6.07, 6.45) is 0.408. The van der Waals surface area contributed by atoms with E-state index >= 15 is 0 Å². The van der Waals surface area contributed by atoms with Crippen molar-refractivity contribution in [3.05, 3.63) is 42.3 Å². The van der Waals surface area contributed by atoms with E-state index in [0.29, 0.717) is 5.75 Å². The predicted molar refractivity (Wildman–Crippen MR) is 58.7 cm³/mol. The zero-order chi connectivity index (χ0) is 9.97. The van der Waals surface area contributed by atoms with Crippen LogP contribution in [-0.2, 0) is 0 Å². The SMILES string of the molecule is C=CC(O)Oc1ccc2ccsc2c1. The molecule has 0 spiro atoms. The molecule has 0 aliphatic heterocycles. The zero-order valence-electron chi connectivity index (χ0n) is 7.51. The number of thiophene rings is 1.